The molecule has 5 heteroatoms. The lowest BCUT2D eigenvalue weighted by atomic mass is 10.1. The lowest BCUT2D eigenvalue weighted by molar-refractivity contribution is -0.116. The fourth-order valence-corrected chi connectivity index (χ4v) is 1.69. The van der Waals surface area contributed by atoms with E-state index >= 15 is 0 Å². The summed E-state index contributed by atoms with van der Waals surface area (Å²) in [6, 6.07) is 1.90. The zero-order valence-corrected chi connectivity index (χ0v) is 10.8. The molecule has 0 bridgehead atoms. The molecule has 0 aliphatic rings. The van der Waals surface area contributed by atoms with Crippen LogP contribution < -0.4 is 5.32 Å². The summed E-state index contributed by atoms with van der Waals surface area (Å²) >= 11 is 0. The van der Waals surface area contributed by atoms with Crippen molar-refractivity contribution >= 4 is 17.6 Å². The first kappa shape index (κ1) is 14.0. The summed E-state index contributed by atoms with van der Waals surface area (Å²) in [4.78, 5) is 23.0. The summed E-state index contributed by atoms with van der Waals surface area (Å²) in [5.74, 6) is -0.0368. The SMILES string of the molecule is CCCCC(=O)Nc1oc(C)c(C(C)=O)c1C#N. The van der Waals surface area contributed by atoms with Gasteiger partial charge in [-0.3, -0.25) is 14.9 Å². The van der Waals surface area contributed by atoms with Gasteiger partial charge in [-0.05, 0) is 20.3 Å². The second-order valence-electron chi connectivity index (χ2n) is 4.06. The maximum absolute atomic E-state index is 11.6. The van der Waals surface area contributed by atoms with Crippen molar-refractivity contribution in [2.75, 3.05) is 5.32 Å². The van der Waals surface area contributed by atoms with E-state index in [2.05, 4.69) is 5.32 Å². The molecule has 0 atom stereocenters. The van der Waals surface area contributed by atoms with E-state index in [1.807, 2.05) is 13.0 Å². The Morgan fingerprint density at radius 3 is 2.61 bits per heavy atom. The predicted octanol–water partition coefficient (Wildman–Crippen LogP) is 2.79. The van der Waals surface area contributed by atoms with Crippen molar-refractivity contribution in [2.24, 2.45) is 0 Å². The molecule has 1 amide bonds. The standard InChI is InChI=1S/C13H16N2O3/c1-4-5-6-11(17)15-13-10(7-14)12(8(2)16)9(3)18-13/h4-6H2,1-3H3,(H,15,17). The van der Waals surface area contributed by atoms with E-state index in [1.54, 1.807) is 6.92 Å². The number of unbranched alkanes of at least 4 members (excludes halogenated alkanes) is 1. The molecule has 5 nitrogen and oxygen atoms in total. The molecule has 1 aromatic heterocycles. The van der Waals surface area contributed by atoms with Gasteiger partial charge in [-0.1, -0.05) is 13.3 Å². The quantitative estimate of drug-likeness (QED) is 0.812. The van der Waals surface area contributed by atoms with Gasteiger partial charge in [0.1, 0.15) is 17.4 Å². The van der Waals surface area contributed by atoms with E-state index in [9.17, 15) is 9.59 Å². The number of nitriles is 1. The van der Waals surface area contributed by atoms with E-state index < -0.39 is 0 Å². The summed E-state index contributed by atoms with van der Waals surface area (Å²) in [5.41, 5.74) is 0.341. The molecule has 1 aromatic rings. The molecule has 0 spiro atoms. The molecule has 0 saturated heterocycles. The molecule has 0 fully saturated rings. The minimum Gasteiger partial charge on any atom is -0.443 e. The van der Waals surface area contributed by atoms with E-state index in [-0.39, 0.29) is 28.7 Å². The summed E-state index contributed by atoms with van der Waals surface area (Å²) in [5, 5.41) is 11.6. The summed E-state index contributed by atoms with van der Waals surface area (Å²) in [6.07, 6.45) is 2.05. The molecular weight excluding hydrogens is 232 g/mol. The van der Waals surface area contributed by atoms with Gasteiger partial charge in [-0.25, -0.2) is 0 Å². The van der Waals surface area contributed by atoms with Gasteiger partial charge in [0, 0.05) is 6.42 Å². The van der Waals surface area contributed by atoms with Gasteiger partial charge >= 0.3 is 0 Å². The molecule has 0 radical (unpaired) electrons. The number of nitrogens with one attached hydrogen (secondary N) is 1. The predicted molar refractivity (Wildman–Crippen MR) is 66.3 cm³/mol. The first-order valence-electron chi connectivity index (χ1n) is 5.85. The van der Waals surface area contributed by atoms with Crippen LogP contribution in [0.4, 0.5) is 5.88 Å². The monoisotopic (exact) mass is 248 g/mol. The van der Waals surface area contributed by atoms with Crippen LogP contribution >= 0.6 is 0 Å². The minimum absolute atomic E-state index is 0.0707. The molecule has 0 saturated carbocycles. The third kappa shape index (κ3) is 2.98. The highest BCUT2D eigenvalue weighted by Gasteiger charge is 2.22. The average molecular weight is 248 g/mol. The number of Topliss-reactive ketones (excluding diaryl/α,β-unsaturated/α-hetero) is 1. The summed E-state index contributed by atoms with van der Waals surface area (Å²) < 4.78 is 5.27. The topological polar surface area (TPSA) is 83.1 Å². The Balaban J connectivity index is 2.97. The molecule has 1 N–H and O–H groups in total. The van der Waals surface area contributed by atoms with E-state index in [1.165, 1.54) is 6.92 Å². The van der Waals surface area contributed by atoms with E-state index in [0.29, 0.717) is 12.2 Å². The Morgan fingerprint density at radius 1 is 1.44 bits per heavy atom. The first-order valence-corrected chi connectivity index (χ1v) is 5.85. The van der Waals surface area contributed by atoms with Gasteiger partial charge < -0.3 is 4.42 Å². The largest absolute Gasteiger partial charge is 0.443 e. The van der Waals surface area contributed by atoms with Gasteiger partial charge in [-0.2, -0.15) is 5.26 Å². The maximum atomic E-state index is 11.6. The van der Waals surface area contributed by atoms with Crippen LogP contribution in [0.25, 0.3) is 0 Å². The van der Waals surface area contributed by atoms with Gasteiger partial charge in [-0.15, -0.1) is 0 Å². The molecule has 0 aromatic carbocycles. The van der Waals surface area contributed by atoms with Crippen LogP contribution in [-0.4, -0.2) is 11.7 Å². The van der Waals surface area contributed by atoms with Crippen LogP contribution in [0, 0.1) is 18.3 Å². The highest BCUT2D eigenvalue weighted by Crippen LogP contribution is 2.26. The summed E-state index contributed by atoms with van der Waals surface area (Å²) in [7, 11) is 0. The Labute approximate surface area is 106 Å². The highest BCUT2D eigenvalue weighted by atomic mass is 16.4. The number of furan rings is 1. The lowest BCUT2D eigenvalue weighted by Gasteiger charge is -2.01. The van der Waals surface area contributed by atoms with Crippen molar-refractivity contribution in [1.29, 1.82) is 5.26 Å². The van der Waals surface area contributed by atoms with Crippen molar-refractivity contribution in [3.8, 4) is 6.07 Å². The lowest BCUT2D eigenvalue weighted by Crippen LogP contribution is -2.11. The number of hydrogen-bond acceptors (Lipinski definition) is 4. The summed E-state index contributed by atoms with van der Waals surface area (Å²) in [6.45, 7) is 4.94. The maximum Gasteiger partial charge on any atom is 0.226 e. The molecule has 1 rings (SSSR count). The average Bonchev–Trinajstić information content (AvgIpc) is 2.62. The van der Waals surface area contributed by atoms with Crippen molar-refractivity contribution in [2.45, 2.75) is 40.0 Å². The molecule has 0 aliphatic carbocycles. The van der Waals surface area contributed by atoms with Gasteiger partial charge in [0.15, 0.2) is 5.78 Å². The van der Waals surface area contributed by atoms with E-state index in [0.717, 1.165) is 12.8 Å². The first-order chi connectivity index (χ1) is 8.51. The van der Waals surface area contributed by atoms with Gasteiger partial charge in [0.25, 0.3) is 0 Å². The number of ketones is 1. The van der Waals surface area contributed by atoms with Crippen LogP contribution in [-0.2, 0) is 4.79 Å². The van der Waals surface area contributed by atoms with Crippen LogP contribution in [0.15, 0.2) is 4.42 Å². The number of anilines is 1. The second-order valence-corrected chi connectivity index (χ2v) is 4.06. The number of carbonyl (C=O) groups is 2. The number of rotatable bonds is 5. The Hall–Kier alpha value is -2.09. The molecule has 1 heterocycles. The van der Waals surface area contributed by atoms with Crippen molar-refractivity contribution in [3.05, 3.63) is 16.9 Å². The zero-order valence-electron chi connectivity index (χ0n) is 10.8. The van der Waals surface area contributed by atoms with E-state index in [4.69, 9.17) is 9.68 Å². The van der Waals surface area contributed by atoms with Crippen LogP contribution in [0.1, 0.15) is 54.8 Å². The second kappa shape index (κ2) is 6.01. The Kier molecular flexibility index (Phi) is 4.67. The van der Waals surface area contributed by atoms with Crippen LogP contribution in [0.5, 0.6) is 0 Å². The van der Waals surface area contributed by atoms with Gasteiger partial charge in [0.05, 0.1) is 5.56 Å². The molecule has 18 heavy (non-hydrogen) atoms. The third-order valence-corrected chi connectivity index (χ3v) is 2.56. The fraction of sp³-hybridized carbons (Fsp3) is 0.462. The molecule has 0 aliphatic heterocycles. The zero-order chi connectivity index (χ0) is 13.7. The number of carbonyl (C=O) groups excluding carboxylic acids is 2. The Morgan fingerprint density at radius 2 is 2.11 bits per heavy atom. The van der Waals surface area contributed by atoms with Crippen LogP contribution in [0.3, 0.4) is 0 Å². The number of hydrogen-bond donors (Lipinski definition) is 1. The van der Waals surface area contributed by atoms with Crippen molar-refractivity contribution in [3.63, 3.8) is 0 Å². The normalized spacial score (nSPS) is 9.89. The fourth-order valence-electron chi connectivity index (χ4n) is 1.69. The third-order valence-electron chi connectivity index (χ3n) is 2.56. The van der Waals surface area contributed by atoms with Gasteiger partial charge in [0.2, 0.25) is 11.8 Å². The van der Waals surface area contributed by atoms with Crippen molar-refractivity contribution < 1.29 is 14.0 Å². The minimum atomic E-state index is -0.248. The number of aryl methyl sites for hydroxylation is 1. The Bertz CT molecular complexity index is 509. The number of amides is 1. The highest BCUT2D eigenvalue weighted by molar-refractivity contribution is 6.00. The number of nitrogens with zero attached hydrogens (tertiary/aromatic N) is 1. The van der Waals surface area contributed by atoms with Crippen LogP contribution in [0.2, 0.25) is 0 Å². The molecular formula is C13H16N2O3. The molecule has 96 valence electrons. The van der Waals surface area contributed by atoms with Crippen molar-refractivity contribution in [1.82, 2.24) is 0 Å². The molecule has 0 unspecified atom stereocenters. The smallest absolute Gasteiger partial charge is 0.226 e.